The van der Waals surface area contributed by atoms with Gasteiger partial charge in [0.1, 0.15) is 6.54 Å². The Bertz CT molecular complexity index is 703. The lowest BCUT2D eigenvalue weighted by molar-refractivity contribution is -0.162. The SMILES string of the molecule is NC(N)=NC(=O)C[C@H]1C2=CC(C(F)(F)F)=CCC2C(=O)N1CC(F)(F)F. The van der Waals surface area contributed by atoms with E-state index in [2.05, 4.69) is 4.99 Å². The molecule has 0 spiro atoms. The molecule has 1 heterocycles. The molecule has 0 aromatic rings. The van der Waals surface area contributed by atoms with Crippen LogP contribution >= 0.6 is 0 Å². The summed E-state index contributed by atoms with van der Waals surface area (Å²) in [5.41, 5.74) is 8.75. The number of hydrogen-bond acceptors (Lipinski definition) is 2. The molecule has 0 bridgehead atoms. The van der Waals surface area contributed by atoms with Crippen molar-refractivity contribution in [3.63, 3.8) is 0 Å². The highest BCUT2D eigenvalue weighted by molar-refractivity contribution is 5.94. The lowest BCUT2D eigenvalue weighted by Gasteiger charge is -2.25. The second kappa shape index (κ2) is 6.65. The third-order valence-electron chi connectivity index (χ3n) is 3.94. The van der Waals surface area contributed by atoms with Crippen molar-refractivity contribution in [1.29, 1.82) is 0 Å². The van der Waals surface area contributed by atoms with Gasteiger partial charge in [0.25, 0.3) is 5.91 Å². The van der Waals surface area contributed by atoms with Gasteiger partial charge in [-0.05, 0) is 18.1 Å². The largest absolute Gasteiger partial charge is 0.416 e. The lowest BCUT2D eigenvalue weighted by Crippen LogP contribution is -2.42. The summed E-state index contributed by atoms with van der Waals surface area (Å²) in [5.74, 6) is -3.86. The number of amides is 2. The molecule has 1 fully saturated rings. The van der Waals surface area contributed by atoms with Crippen LogP contribution in [-0.4, -0.2) is 47.6 Å². The summed E-state index contributed by atoms with van der Waals surface area (Å²) in [6.45, 7) is -1.69. The first-order valence-corrected chi connectivity index (χ1v) is 7.28. The summed E-state index contributed by atoms with van der Waals surface area (Å²) in [6, 6.07) is -1.50. The van der Waals surface area contributed by atoms with Crippen molar-refractivity contribution in [3.8, 4) is 0 Å². The van der Waals surface area contributed by atoms with Crippen molar-refractivity contribution in [2.24, 2.45) is 22.4 Å². The van der Waals surface area contributed by atoms with Gasteiger partial charge in [-0.3, -0.25) is 9.59 Å². The lowest BCUT2D eigenvalue weighted by atomic mass is 9.86. The fourth-order valence-electron chi connectivity index (χ4n) is 2.99. The molecule has 0 aromatic carbocycles. The number of likely N-dealkylation sites (tertiary alicyclic amines) is 1. The molecule has 4 N–H and O–H groups in total. The van der Waals surface area contributed by atoms with Gasteiger partial charge in [0.15, 0.2) is 5.96 Å². The molecule has 6 nitrogen and oxygen atoms in total. The molecule has 0 radical (unpaired) electrons. The normalized spacial score (nSPS) is 23.3. The van der Waals surface area contributed by atoms with Gasteiger partial charge < -0.3 is 16.4 Å². The molecule has 0 saturated carbocycles. The Balaban J connectivity index is 2.41. The Morgan fingerprint density at radius 2 is 1.85 bits per heavy atom. The van der Waals surface area contributed by atoms with Crippen molar-refractivity contribution in [3.05, 3.63) is 23.3 Å². The van der Waals surface area contributed by atoms with Crippen LogP contribution in [0.1, 0.15) is 12.8 Å². The summed E-state index contributed by atoms with van der Waals surface area (Å²) >= 11 is 0. The maximum absolute atomic E-state index is 12.9. The third-order valence-corrected chi connectivity index (χ3v) is 3.94. The molecule has 1 saturated heterocycles. The van der Waals surface area contributed by atoms with Crippen LogP contribution in [0.25, 0.3) is 0 Å². The van der Waals surface area contributed by atoms with Crippen LogP contribution in [0, 0.1) is 5.92 Å². The van der Waals surface area contributed by atoms with Gasteiger partial charge in [0.05, 0.1) is 24.0 Å². The van der Waals surface area contributed by atoms with E-state index in [0.29, 0.717) is 11.0 Å². The van der Waals surface area contributed by atoms with Crippen LogP contribution in [0.15, 0.2) is 28.3 Å². The minimum Gasteiger partial charge on any atom is -0.370 e. The number of guanidine groups is 1. The fraction of sp³-hybridized carbons (Fsp3) is 0.500. The minimum atomic E-state index is -4.79. The van der Waals surface area contributed by atoms with Gasteiger partial charge in [0.2, 0.25) is 5.91 Å². The molecule has 12 heteroatoms. The van der Waals surface area contributed by atoms with Crippen molar-refractivity contribution in [2.45, 2.75) is 31.2 Å². The van der Waals surface area contributed by atoms with Crippen LogP contribution in [0.4, 0.5) is 26.3 Å². The predicted octanol–water partition coefficient (Wildman–Crippen LogP) is 1.38. The molecule has 2 rings (SSSR count). The minimum absolute atomic E-state index is 0.201. The van der Waals surface area contributed by atoms with Crippen LogP contribution in [0.3, 0.4) is 0 Å². The zero-order valence-electron chi connectivity index (χ0n) is 13.1. The summed E-state index contributed by atoms with van der Waals surface area (Å²) in [5, 5.41) is 0. The Labute approximate surface area is 143 Å². The third kappa shape index (κ3) is 4.35. The monoisotopic (exact) mass is 384 g/mol. The molecule has 1 aliphatic carbocycles. The standard InChI is InChI=1S/C14H14F6N4O2/c15-13(16,17)5-24-9(4-10(25)23-12(21)22)8-3-6(14(18,19)20)1-2-7(8)11(24)26/h1,3,7,9H,2,4-5H2,(H4,21,22,23,25)/t7?,9-/m0/s1. The maximum atomic E-state index is 12.9. The number of rotatable bonds is 3. The van der Waals surface area contributed by atoms with Crippen LogP contribution in [0.2, 0.25) is 0 Å². The molecule has 0 aromatic heterocycles. The average Bonchev–Trinajstić information content (AvgIpc) is 2.69. The van der Waals surface area contributed by atoms with E-state index < -0.39 is 67.0 Å². The van der Waals surface area contributed by atoms with Crippen LogP contribution < -0.4 is 11.5 Å². The molecule has 2 amide bonds. The first-order chi connectivity index (χ1) is 11.8. The number of allylic oxidation sites excluding steroid dienone is 3. The fourth-order valence-corrected chi connectivity index (χ4v) is 2.99. The molecule has 2 aliphatic rings. The van der Waals surface area contributed by atoms with Gasteiger partial charge in [0, 0.05) is 0 Å². The number of carbonyl (C=O) groups excluding carboxylic acids is 2. The van der Waals surface area contributed by atoms with Gasteiger partial charge in [-0.15, -0.1) is 0 Å². The summed E-state index contributed by atoms with van der Waals surface area (Å²) < 4.78 is 77.1. The molecular weight excluding hydrogens is 370 g/mol. The summed E-state index contributed by atoms with van der Waals surface area (Å²) in [4.78, 5) is 27.5. The van der Waals surface area contributed by atoms with E-state index in [0.717, 1.165) is 6.08 Å². The average molecular weight is 384 g/mol. The highest BCUT2D eigenvalue weighted by atomic mass is 19.4. The van der Waals surface area contributed by atoms with Crippen molar-refractivity contribution in [1.82, 2.24) is 4.90 Å². The Morgan fingerprint density at radius 3 is 2.35 bits per heavy atom. The number of carbonyl (C=O) groups is 2. The highest BCUT2D eigenvalue weighted by Crippen LogP contribution is 2.42. The smallest absolute Gasteiger partial charge is 0.370 e. The van der Waals surface area contributed by atoms with E-state index in [1.54, 1.807) is 0 Å². The highest BCUT2D eigenvalue weighted by Gasteiger charge is 2.50. The Kier molecular flexibility index (Phi) is 5.06. The van der Waals surface area contributed by atoms with E-state index in [1.165, 1.54) is 0 Å². The number of hydrogen-bond donors (Lipinski definition) is 2. The molecule has 1 aliphatic heterocycles. The van der Waals surface area contributed by atoms with Crippen LogP contribution in [-0.2, 0) is 9.59 Å². The Hall–Kier alpha value is -2.53. The first-order valence-electron chi connectivity index (χ1n) is 7.28. The zero-order chi connectivity index (χ0) is 19.9. The molecule has 1 unspecified atom stereocenters. The first kappa shape index (κ1) is 19.8. The van der Waals surface area contributed by atoms with E-state index in [9.17, 15) is 35.9 Å². The maximum Gasteiger partial charge on any atom is 0.416 e. The van der Waals surface area contributed by atoms with E-state index in [4.69, 9.17) is 11.5 Å². The van der Waals surface area contributed by atoms with E-state index in [1.807, 2.05) is 0 Å². The van der Waals surface area contributed by atoms with Gasteiger partial charge in [-0.2, -0.15) is 31.3 Å². The predicted molar refractivity (Wildman–Crippen MR) is 77.3 cm³/mol. The van der Waals surface area contributed by atoms with Crippen molar-refractivity contribution < 1.29 is 35.9 Å². The number of nitrogens with two attached hydrogens (primary N) is 2. The van der Waals surface area contributed by atoms with Crippen molar-refractivity contribution >= 4 is 17.8 Å². The summed E-state index contributed by atoms with van der Waals surface area (Å²) in [6.07, 6.45) is -9.31. The number of alkyl halides is 6. The van der Waals surface area contributed by atoms with Gasteiger partial charge in [-0.25, -0.2) is 0 Å². The molecule has 144 valence electrons. The summed E-state index contributed by atoms with van der Waals surface area (Å²) in [7, 11) is 0. The number of fused-ring (bicyclic) bond motifs is 1. The second-order valence-corrected chi connectivity index (χ2v) is 5.82. The molecular formula is C14H14F6N4O2. The van der Waals surface area contributed by atoms with E-state index >= 15 is 0 Å². The topological polar surface area (TPSA) is 102 Å². The van der Waals surface area contributed by atoms with Gasteiger partial charge in [-0.1, -0.05) is 6.08 Å². The second-order valence-electron chi connectivity index (χ2n) is 5.82. The van der Waals surface area contributed by atoms with Gasteiger partial charge >= 0.3 is 12.4 Å². The molecule has 2 atom stereocenters. The number of aliphatic imine (C=N–C) groups is 1. The number of nitrogens with zero attached hydrogens (tertiary/aromatic N) is 2. The number of halogens is 6. The quantitative estimate of drug-likeness (QED) is 0.436. The van der Waals surface area contributed by atoms with Crippen LogP contribution in [0.5, 0.6) is 0 Å². The molecule has 26 heavy (non-hydrogen) atoms. The van der Waals surface area contributed by atoms with E-state index in [-0.39, 0.29) is 5.57 Å². The van der Waals surface area contributed by atoms with Crippen molar-refractivity contribution in [2.75, 3.05) is 6.54 Å². The Morgan fingerprint density at radius 1 is 1.23 bits per heavy atom. The zero-order valence-corrected chi connectivity index (χ0v) is 13.1.